The molecular weight excluding hydrogens is 276 g/mol. The van der Waals surface area contributed by atoms with Crippen LogP contribution in [0.5, 0.6) is 0 Å². The van der Waals surface area contributed by atoms with Crippen molar-refractivity contribution in [2.75, 3.05) is 5.32 Å². The van der Waals surface area contributed by atoms with E-state index >= 15 is 0 Å². The van der Waals surface area contributed by atoms with Gasteiger partial charge in [0, 0.05) is 18.0 Å². The van der Waals surface area contributed by atoms with Crippen LogP contribution in [0.1, 0.15) is 21.5 Å². The van der Waals surface area contributed by atoms with Crippen LogP contribution in [0.25, 0.3) is 5.82 Å². The minimum atomic E-state index is -0.135. The molecule has 0 spiro atoms. The molecule has 0 aliphatic rings. The first kappa shape index (κ1) is 14.0. The van der Waals surface area contributed by atoms with Crippen molar-refractivity contribution in [3.05, 3.63) is 71.9 Å². The lowest BCUT2D eigenvalue weighted by Gasteiger charge is -2.08. The molecule has 0 saturated heterocycles. The van der Waals surface area contributed by atoms with E-state index in [-0.39, 0.29) is 5.91 Å². The minimum Gasteiger partial charge on any atom is -0.321 e. The largest absolute Gasteiger partial charge is 0.321 e. The van der Waals surface area contributed by atoms with Gasteiger partial charge in [0.05, 0.1) is 11.9 Å². The molecule has 0 atom stereocenters. The summed E-state index contributed by atoms with van der Waals surface area (Å²) in [6, 6.07) is 9.44. The molecule has 5 heteroatoms. The molecule has 0 bridgehead atoms. The van der Waals surface area contributed by atoms with Gasteiger partial charge in [0.15, 0.2) is 0 Å². The standard InChI is InChI=1S/C17H16N4O/c1-12-7-13(2)9-14(8-12)17(22)20-15-3-4-16(19-10-15)21-6-5-18-11-21/h3-11H,1-2H3,(H,20,22). The molecule has 0 aliphatic heterocycles. The summed E-state index contributed by atoms with van der Waals surface area (Å²) in [4.78, 5) is 20.6. The van der Waals surface area contributed by atoms with E-state index in [9.17, 15) is 4.79 Å². The van der Waals surface area contributed by atoms with Crippen LogP contribution >= 0.6 is 0 Å². The molecule has 0 saturated carbocycles. The number of hydrogen-bond acceptors (Lipinski definition) is 3. The second kappa shape index (κ2) is 5.81. The maximum absolute atomic E-state index is 12.3. The van der Waals surface area contributed by atoms with Crippen molar-refractivity contribution in [1.29, 1.82) is 0 Å². The summed E-state index contributed by atoms with van der Waals surface area (Å²) < 4.78 is 1.80. The summed E-state index contributed by atoms with van der Waals surface area (Å²) in [6.45, 7) is 3.95. The molecule has 2 aromatic heterocycles. The Kier molecular flexibility index (Phi) is 3.70. The Hall–Kier alpha value is -2.95. The molecular formula is C17H16N4O. The minimum absolute atomic E-state index is 0.135. The van der Waals surface area contributed by atoms with Crippen molar-refractivity contribution < 1.29 is 4.79 Å². The molecule has 0 unspecified atom stereocenters. The molecule has 0 fully saturated rings. The fraction of sp³-hybridized carbons (Fsp3) is 0.118. The van der Waals surface area contributed by atoms with Crippen LogP contribution in [0.3, 0.4) is 0 Å². The Balaban J connectivity index is 1.76. The van der Waals surface area contributed by atoms with Crippen LogP contribution in [-0.2, 0) is 0 Å². The predicted molar refractivity (Wildman–Crippen MR) is 85.2 cm³/mol. The topological polar surface area (TPSA) is 59.8 Å². The molecule has 110 valence electrons. The highest BCUT2D eigenvalue weighted by Gasteiger charge is 2.08. The van der Waals surface area contributed by atoms with Crippen LogP contribution < -0.4 is 5.32 Å². The highest BCUT2D eigenvalue weighted by atomic mass is 16.1. The van der Waals surface area contributed by atoms with Crippen molar-refractivity contribution in [1.82, 2.24) is 14.5 Å². The second-order valence-electron chi connectivity index (χ2n) is 5.21. The van der Waals surface area contributed by atoms with Crippen LogP contribution in [0, 0.1) is 13.8 Å². The molecule has 0 aliphatic carbocycles. The van der Waals surface area contributed by atoms with Crippen molar-refractivity contribution >= 4 is 11.6 Å². The zero-order valence-corrected chi connectivity index (χ0v) is 12.4. The predicted octanol–water partition coefficient (Wildman–Crippen LogP) is 3.14. The number of carbonyl (C=O) groups excluding carboxylic acids is 1. The number of rotatable bonds is 3. The Bertz CT molecular complexity index is 772. The first-order chi connectivity index (χ1) is 10.6. The van der Waals surface area contributed by atoms with Gasteiger partial charge >= 0.3 is 0 Å². The number of nitrogens with zero attached hydrogens (tertiary/aromatic N) is 3. The number of aryl methyl sites for hydroxylation is 2. The smallest absolute Gasteiger partial charge is 0.255 e. The first-order valence-corrected chi connectivity index (χ1v) is 6.96. The molecule has 5 nitrogen and oxygen atoms in total. The maximum atomic E-state index is 12.3. The van der Waals surface area contributed by atoms with Crippen molar-refractivity contribution in [2.24, 2.45) is 0 Å². The zero-order chi connectivity index (χ0) is 15.5. The van der Waals surface area contributed by atoms with Crippen LogP contribution in [0.15, 0.2) is 55.2 Å². The van der Waals surface area contributed by atoms with E-state index in [0.29, 0.717) is 11.3 Å². The number of imidazole rings is 1. The van der Waals surface area contributed by atoms with Crippen LogP contribution in [-0.4, -0.2) is 20.4 Å². The second-order valence-corrected chi connectivity index (χ2v) is 5.21. The Morgan fingerprint density at radius 1 is 1.14 bits per heavy atom. The average Bonchev–Trinajstić information content (AvgIpc) is 3.01. The number of carbonyl (C=O) groups is 1. The van der Waals surface area contributed by atoms with E-state index in [1.54, 1.807) is 23.3 Å². The number of aromatic nitrogens is 3. The summed E-state index contributed by atoms with van der Waals surface area (Å²) in [6.07, 6.45) is 6.82. The quantitative estimate of drug-likeness (QED) is 0.806. The maximum Gasteiger partial charge on any atom is 0.255 e. The van der Waals surface area contributed by atoms with Gasteiger partial charge in [0.2, 0.25) is 0 Å². The molecule has 3 aromatic rings. The van der Waals surface area contributed by atoms with E-state index in [0.717, 1.165) is 16.9 Å². The number of amides is 1. The first-order valence-electron chi connectivity index (χ1n) is 6.96. The lowest BCUT2D eigenvalue weighted by molar-refractivity contribution is 0.102. The van der Waals surface area contributed by atoms with E-state index in [1.165, 1.54) is 0 Å². The highest BCUT2D eigenvalue weighted by Crippen LogP contribution is 2.13. The summed E-state index contributed by atoms with van der Waals surface area (Å²) in [5.74, 6) is 0.617. The summed E-state index contributed by atoms with van der Waals surface area (Å²) in [5, 5.41) is 2.86. The Morgan fingerprint density at radius 2 is 1.91 bits per heavy atom. The van der Waals surface area contributed by atoms with Gasteiger partial charge in [-0.3, -0.25) is 9.36 Å². The van der Waals surface area contributed by atoms with Crippen molar-refractivity contribution in [2.45, 2.75) is 13.8 Å². The van der Waals surface area contributed by atoms with Gasteiger partial charge < -0.3 is 5.32 Å². The molecule has 1 amide bonds. The molecule has 0 radical (unpaired) electrons. The monoisotopic (exact) mass is 292 g/mol. The Morgan fingerprint density at radius 3 is 2.50 bits per heavy atom. The lowest BCUT2D eigenvalue weighted by Crippen LogP contribution is -2.12. The molecule has 3 rings (SSSR count). The van der Waals surface area contributed by atoms with E-state index < -0.39 is 0 Å². The summed E-state index contributed by atoms with van der Waals surface area (Å²) >= 11 is 0. The van der Waals surface area contributed by atoms with E-state index in [4.69, 9.17) is 0 Å². The fourth-order valence-corrected chi connectivity index (χ4v) is 2.32. The highest BCUT2D eigenvalue weighted by molar-refractivity contribution is 6.04. The van der Waals surface area contributed by atoms with Crippen LogP contribution in [0.4, 0.5) is 5.69 Å². The van der Waals surface area contributed by atoms with Gasteiger partial charge in [0.1, 0.15) is 12.1 Å². The number of nitrogens with one attached hydrogen (secondary N) is 1. The van der Waals surface area contributed by atoms with Crippen molar-refractivity contribution in [3.63, 3.8) is 0 Å². The molecule has 1 aromatic carbocycles. The average molecular weight is 292 g/mol. The number of pyridine rings is 1. The molecule has 22 heavy (non-hydrogen) atoms. The number of anilines is 1. The Labute approximate surface area is 128 Å². The van der Waals surface area contributed by atoms with Gasteiger partial charge in [0.25, 0.3) is 5.91 Å². The zero-order valence-electron chi connectivity index (χ0n) is 12.4. The van der Waals surface area contributed by atoms with Gasteiger partial charge in [-0.25, -0.2) is 9.97 Å². The fourth-order valence-electron chi connectivity index (χ4n) is 2.32. The number of benzene rings is 1. The lowest BCUT2D eigenvalue weighted by atomic mass is 10.1. The number of hydrogen-bond donors (Lipinski definition) is 1. The van der Waals surface area contributed by atoms with Gasteiger partial charge in [-0.05, 0) is 38.1 Å². The van der Waals surface area contributed by atoms with E-state index in [2.05, 4.69) is 15.3 Å². The van der Waals surface area contributed by atoms with Crippen molar-refractivity contribution in [3.8, 4) is 5.82 Å². The summed E-state index contributed by atoms with van der Waals surface area (Å²) in [7, 11) is 0. The molecule has 2 heterocycles. The van der Waals surface area contributed by atoms with Gasteiger partial charge in [-0.2, -0.15) is 0 Å². The van der Waals surface area contributed by atoms with Crippen LogP contribution in [0.2, 0.25) is 0 Å². The third-order valence-electron chi connectivity index (χ3n) is 3.26. The summed E-state index contributed by atoms with van der Waals surface area (Å²) in [5.41, 5.74) is 3.45. The van der Waals surface area contributed by atoms with Gasteiger partial charge in [-0.15, -0.1) is 0 Å². The third kappa shape index (κ3) is 3.03. The van der Waals surface area contributed by atoms with E-state index in [1.807, 2.05) is 50.4 Å². The van der Waals surface area contributed by atoms with Gasteiger partial charge in [-0.1, -0.05) is 17.2 Å². The normalized spacial score (nSPS) is 10.5. The third-order valence-corrected chi connectivity index (χ3v) is 3.26. The SMILES string of the molecule is Cc1cc(C)cc(C(=O)Nc2ccc(-n3ccnc3)nc2)c1. The molecule has 1 N–H and O–H groups in total.